The number of carbonyl (C=O) groups is 1. The van der Waals surface area contributed by atoms with Crippen molar-refractivity contribution in [2.75, 3.05) is 58.6 Å². The Morgan fingerprint density at radius 3 is 2.48 bits per heavy atom. The van der Waals surface area contributed by atoms with Gasteiger partial charge >= 0.3 is 0 Å². The SMILES string of the molecule is COCCN1CCN(S(=O)(=O)c2ccc(-c3cccc(NC(=O)C4(c5ccc6c(c5)OCO6)CC4)n3)cc2)CC1. The molecule has 3 aromatic rings. The van der Waals surface area contributed by atoms with Crippen LogP contribution in [0.3, 0.4) is 0 Å². The number of hydrogen-bond donors (Lipinski definition) is 1. The third kappa shape index (κ3) is 5.17. The Balaban J connectivity index is 1.13. The fourth-order valence-corrected chi connectivity index (χ4v) is 6.65. The van der Waals surface area contributed by atoms with Crippen LogP contribution in [0.25, 0.3) is 11.3 Å². The normalized spacial score (nSPS) is 18.4. The van der Waals surface area contributed by atoms with E-state index in [9.17, 15) is 13.2 Å². The van der Waals surface area contributed by atoms with Crippen LogP contribution in [-0.4, -0.2) is 81.7 Å². The summed E-state index contributed by atoms with van der Waals surface area (Å²) in [5.74, 6) is 1.68. The number of rotatable bonds is 9. The summed E-state index contributed by atoms with van der Waals surface area (Å²) in [6, 6.07) is 17.8. The van der Waals surface area contributed by atoms with Gasteiger partial charge < -0.3 is 19.5 Å². The van der Waals surface area contributed by atoms with Crippen molar-refractivity contribution in [3.63, 3.8) is 0 Å². The lowest BCUT2D eigenvalue weighted by Crippen LogP contribution is -2.49. The number of methoxy groups -OCH3 is 1. The number of fused-ring (bicyclic) bond motifs is 1. The van der Waals surface area contributed by atoms with Crippen LogP contribution >= 0.6 is 0 Å². The van der Waals surface area contributed by atoms with Crippen molar-refractivity contribution in [3.8, 4) is 22.8 Å². The lowest BCUT2D eigenvalue weighted by Gasteiger charge is -2.33. The predicted molar refractivity (Wildman–Crippen MR) is 149 cm³/mol. The van der Waals surface area contributed by atoms with E-state index < -0.39 is 15.4 Å². The molecule has 210 valence electrons. The Morgan fingerprint density at radius 2 is 1.75 bits per heavy atom. The summed E-state index contributed by atoms with van der Waals surface area (Å²) >= 11 is 0. The van der Waals surface area contributed by atoms with Crippen molar-refractivity contribution in [2.45, 2.75) is 23.2 Å². The first-order valence-electron chi connectivity index (χ1n) is 13.4. The Labute approximate surface area is 233 Å². The molecular formula is C29H32N4O6S. The number of benzene rings is 2. The Morgan fingerprint density at radius 1 is 1.00 bits per heavy atom. The van der Waals surface area contributed by atoms with E-state index in [1.165, 1.54) is 4.31 Å². The third-order valence-electron chi connectivity index (χ3n) is 7.83. The number of hydrogen-bond acceptors (Lipinski definition) is 8. The van der Waals surface area contributed by atoms with E-state index in [0.717, 1.165) is 30.5 Å². The zero-order valence-corrected chi connectivity index (χ0v) is 23.2. The zero-order chi connectivity index (χ0) is 27.7. The molecule has 11 heteroatoms. The number of anilines is 1. The minimum atomic E-state index is -3.59. The first kappa shape index (κ1) is 26.7. The van der Waals surface area contributed by atoms with Crippen LogP contribution in [0.5, 0.6) is 11.5 Å². The van der Waals surface area contributed by atoms with E-state index in [4.69, 9.17) is 14.2 Å². The summed E-state index contributed by atoms with van der Waals surface area (Å²) < 4.78 is 44.0. The molecule has 0 spiro atoms. The number of nitrogens with zero attached hydrogens (tertiary/aromatic N) is 3. The summed E-state index contributed by atoms with van der Waals surface area (Å²) in [6.45, 7) is 3.88. The molecule has 0 radical (unpaired) electrons. The molecule has 1 N–H and O–H groups in total. The monoisotopic (exact) mass is 564 g/mol. The topological polar surface area (TPSA) is 110 Å². The van der Waals surface area contributed by atoms with Crippen LogP contribution in [-0.2, 0) is 25.0 Å². The standard InChI is InChI=1S/C29H32N4O6S/c1-37-18-17-32-13-15-33(16-14-32)40(35,36)23-8-5-21(6-9-23)24-3-2-4-27(30-24)31-28(34)29(11-12-29)22-7-10-25-26(19-22)39-20-38-25/h2-10,19H,11-18,20H2,1H3,(H,30,31,34). The first-order chi connectivity index (χ1) is 19.4. The van der Waals surface area contributed by atoms with E-state index in [0.29, 0.717) is 55.8 Å². The van der Waals surface area contributed by atoms with Crippen molar-refractivity contribution < 1.29 is 27.4 Å². The van der Waals surface area contributed by atoms with Crippen molar-refractivity contribution in [3.05, 3.63) is 66.2 Å². The molecule has 1 saturated heterocycles. The largest absolute Gasteiger partial charge is 0.454 e. The maximum Gasteiger partial charge on any atom is 0.243 e. The lowest BCUT2D eigenvalue weighted by atomic mass is 9.94. The Bertz CT molecular complexity index is 1500. The van der Waals surface area contributed by atoms with Gasteiger partial charge in [0.25, 0.3) is 0 Å². The van der Waals surface area contributed by atoms with Gasteiger partial charge in [-0.15, -0.1) is 0 Å². The van der Waals surface area contributed by atoms with E-state index >= 15 is 0 Å². The minimum Gasteiger partial charge on any atom is -0.454 e. The molecule has 0 bridgehead atoms. The van der Waals surface area contributed by atoms with Gasteiger partial charge in [0.15, 0.2) is 11.5 Å². The predicted octanol–water partition coefficient (Wildman–Crippen LogP) is 3.10. The van der Waals surface area contributed by atoms with Crippen LogP contribution in [0.4, 0.5) is 5.82 Å². The Hall–Kier alpha value is -3.51. The summed E-state index contributed by atoms with van der Waals surface area (Å²) in [5.41, 5.74) is 1.69. The molecule has 0 atom stereocenters. The average molecular weight is 565 g/mol. The van der Waals surface area contributed by atoms with Crippen LogP contribution in [0.2, 0.25) is 0 Å². The molecular weight excluding hydrogens is 532 g/mol. The molecule has 6 rings (SSSR count). The quantitative estimate of drug-likeness (QED) is 0.422. The second-order valence-corrected chi connectivity index (χ2v) is 12.2. The summed E-state index contributed by atoms with van der Waals surface area (Å²) in [5, 5.41) is 2.98. The van der Waals surface area contributed by atoms with Crippen LogP contribution in [0.15, 0.2) is 65.6 Å². The van der Waals surface area contributed by atoms with Crippen LogP contribution in [0, 0.1) is 0 Å². The van der Waals surface area contributed by atoms with Gasteiger partial charge in [-0.1, -0.05) is 24.3 Å². The molecule has 10 nitrogen and oxygen atoms in total. The number of pyridine rings is 1. The summed E-state index contributed by atoms with van der Waals surface area (Å²) in [6.07, 6.45) is 1.49. The molecule has 2 fully saturated rings. The number of sulfonamides is 1. The van der Waals surface area contributed by atoms with Gasteiger partial charge in [0, 0.05) is 45.4 Å². The van der Waals surface area contributed by atoms with Gasteiger partial charge in [0.05, 0.1) is 22.6 Å². The van der Waals surface area contributed by atoms with Crippen LogP contribution < -0.4 is 14.8 Å². The molecule has 3 heterocycles. The molecule has 2 aliphatic heterocycles. The second-order valence-electron chi connectivity index (χ2n) is 10.3. The van der Waals surface area contributed by atoms with Crippen molar-refractivity contribution in [1.29, 1.82) is 0 Å². The maximum atomic E-state index is 13.3. The van der Waals surface area contributed by atoms with E-state index in [2.05, 4.69) is 15.2 Å². The number of aromatic nitrogens is 1. The van der Waals surface area contributed by atoms with Crippen molar-refractivity contribution >= 4 is 21.7 Å². The number of nitrogens with one attached hydrogen (secondary N) is 1. The molecule has 1 amide bonds. The second kappa shape index (κ2) is 10.8. The van der Waals surface area contributed by atoms with Gasteiger partial charge in [-0.2, -0.15) is 4.31 Å². The molecule has 1 aliphatic carbocycles. The minimum absolute atomic E-state index is 0.111. The highest BCUT2D eigenvalue weighted by atomic mass is 32.2. The first-order valence-corrected chi connectivity index (χ1v) is 14.8. The summed E-state index contributed by atoms with van der Waals surface area (Å²) in [7, 11) is -1.92. The third-order valence-corrected chi connectivity index (χ3v) is 9.74. The number of piperazine rings is 1. The Kier molecular flexibility index (Phi) is 7.22. The number of amides is 1. The molecule has 40 heavy (non-hydrogen) atoms. The van der Waals surface area contributed by atoms with E-state index in [1.807, 2.05) is 30.3 Å². The van der Waals surface area contributed by atoms with E-state index in [1.54, 1.807) is 37.4 Å². The molecule has 0 unspecified atom stereocenters. The van der Waals surface area contributed by atoms with E-state index in [-0.39, 0.29) is 17.6 Å². The molecule has 1 aromatic heterocycles. The average Bonchev–Trinajstić information content (AvgIpc) is 3.67. The fourth-order valence-electron chi connectivity index (χ4n) is 5.23. The molecule has 3 aliphatic rings. The maximum absolute atomic E-state index is 13.3. The number of carbonyl (C=O) groups excluding carboxylic acids is 1. The van der Waals surface area contributed by atoms with Gasteiger partial charge in [0.2, 0.25) is 22.7 Å². The van der Waals surface area contributed by atoms with Gasteiger partial charge in [-0.25, -0.2) is 13.4 Å². The highest BCUT2D eigenvalue weighted by Gasteiger charge is 2.51. The molecule has 1 saturated carbocycles. The van der Waals surface area contributed by atoms with Gasteiger partial charge in [0.1, 0.15) is 5.82 Å². The van der Waals surface area contributed by atoms with Gasteiger partial charge in [-0.05, 0) is 54.8 Å². The zero-order valence-electron chi connectivity index (χ0n) is 22.3. The van der Waals surface area contributed by atoms with Gasteiger partial charge in [-0.3, -0.25) is 9.69 Å². The highest BCUT2D eigenvalue weighted by molar-refractivity contribution is 7.89. The molecule has 2 aromatic carbocycles. The van der Waals surface area contributed by atoms with Crippen molar-refractivity contribution in [1.82, 2.24) is 14.2 Å². The lowest BCUT2D eigenvalue weighted by molar-refractivity contribution is -0.118. The highest BCUT2D eigenvalue weighted by Crippen LogP contribution is 2.51. The van der Waals surface area contributed by atoms with Crippen molar-refractivity contribution in [2.24, 2.45) is 0 Å². The van der Waals surface area contributed by atoms with Crippen LogP contribution in [0.1, 0.15) is 18.4 Å². The summed E-state index contributed by atoms with van der Waals surface area (Å²) in [4.78, 5) is 20.4. The number of ether oxygens (including phenoxy) is 3. The smallest absolute Gasteiger partial charge is 0.243 e. The fraction of sp³-hybridized carbons (Fsp3) is 0.379.